The summed E-state index contributed by atoms with van der Waals surface area (Å²) in [6.45, 7) is 2.94. The summed E-state index contributed by atoms with van der Waals surface area (Å²) in [4.78, 5) is 22.9. The van der Waals surface area contributed by atoms with Crippen LogP contribution in [0.2, 0.25) is 5.02 Å². The average molecular weight is 463 g/mol. The molecule has 1 fully saturated rings. The van der Waals surface area contributed by atoms with Crippen LogP contribution >= 0.6 is 23.4 Å². The van der Waals surface area contributed by atoms with Crippen molar-refractivity contribution in [3.63, 3.8) is 0 Å². The van der Waals surface area contributed by atoms with E-state index in [1.54, 1.807) is 11.8 Å². The van der Waals surface area contributed by atoms with Crippen LogP contribution < -0.4 is 4.90 Å². The van der Waals surface area contributed by atoms with Gasteiger partial charge >= 0.3 is 0 Å². The molecule has 0 bridgehead atoms. The van der Waals surface area contributed by atoms with Gasteiger partial charge in [-0.15, -0.1) is 11.8 Å². The molecule has 162 valence electrons. The summed E-state index contributed by atoms with van der Waals surface area (Å²) < 4.78 is 2.03. The van der Waals surface area contributed by atoms with Crippen LogP contribution in [0.25, 0.3) is 5.65 Å². The van der Waals surface area contributed by atoms with Crippen molar-refractivity contribution in [1.29, 1.82) is 0 Å². The minimum absolute atomic E-state index is 0.0840. The first-order valence-corrected chi connectivity index (χ1v) is 12.0. The van der Waals surface area contributed by atoms with E-state index in [-0.39, 0.29) is 5.91 Å². The molecule has 0 radical (unpaired) electrons. The van der Waals surface area contributed by atoms with Gasteiger partial charge in [0.05, 0.1) is 16.4 Å². The summed E-state index contributed by atoms with van der Waals surface area (Å²) >= 11 is 8.05. The van der Waals surface area contributed by atoms with E-state index in [1.165, 1.54) is 0 Å². The highest BCUT2D eigenvalue weighted by Crippen LogP contribution is 2.27. The average Bonchev–Trinajstić information content (AvgIpc) is 3.26. The molecule has 5 nitrogen and oxygen atoms in total. The van der Waals surface area contributed by atoms with Crippen LogP contribution in [0, 0.1) is 0 Å². The van der Waals surface area contributed by atoms with Crippen molar-refractivity contribution in [1.82, 2.24) is 14.3 Å². The van der Waals surface area contributed by atoms with Gasteiger partial charge in [0.2, 0.25) is 0 Å². The number of benzene rings is 2. The fraction of sp³-hybridized carbons (Fsp3) is 0.200. The number of piperazine rings is 1. The van der Waals surface area contributed by atoms with Gasteiger partial charge in [-0.3, -0.25) is 4.79 Å². The number of imidazole rings is 1. The summed E-state index contributed by atoms with van der Waals surface area (Å²) in [6, 6.07) is 21.8. The lowest BCUT2D eigenvalue weighted by Gasteiger charge is -2.36. The quantitative estimate of drug-likeness (QED) is 0.380. The number of rotatable bonds is 5. The van der Waals surface area contributed by atoms with Gasteiger partial charge in [-0.1, -0.05) is 29.8 Å². The summed E-state index contributed by atoms with van der Waals surface area (Å²) in [5.41, 5.74) is 3.76. The first-order chi connectivity index (χ1) is 15.7. The Morgan fingerprint density at radius 1 is 0.938 bits per heavy atom. The van der Waals surface area contributed by atoms with Crippen LogP contribution in [0.5, 0.6) is 0 Å². The first-order valence-electron chi connectivity index (χ1n) is 10.6. The van der Waals surface area contributed by atoms with Crippen molar-refractivity contribution in [2.45, 2.75) is 10.6 Å². The molecule has 32 heavy (non-hydrogen) atoms. The highest BCUT2D eigenvalue weighted by Gasteiger charge is 2.23. The number of fused-ring (bicyclic) bond motifs is 1. The molecule has 0 aliphatic carbocycles. The van der Waals surface area contributed by atoms with Crippen molar-refractivity contribution < 1.29 is 4.79 Å². The molecule has 2 aromatic carbocycles. The van der Waals surface area contributed by atoms with Gasteiger partial charge in [0, 0.05) is 54.8 Å². The van der Waals surface area contributed by atoms with Gasteiger partial charge in [0.1, 0.15) is 5.65 Å². The number of hydrogen-bond acceptors (Lipinski definition) is 4. The van der Waals surface area contributed by atoms with Gasteiger partial charge < -0.3 is 14.2 Å². The van der Waals surface area contributed by atoms with Gasteiger partial charge in [0.15, 0.2) is 0 Å². The number of aromatic nitrogens is 2. The van der Waals surface area contributed by atoms with E-state index in [2.05, 4.69) is 16.1 Å². The van der Waals surface area contributed by atoms with Gasteiger partial charge in [-0.2, -0.15) is 0 Å². The number of carbonyl (C=O) groups excluding carboxylic acids is 1. The van der Waals surface area contributed by atoms with Crippen LogP contribution in [-0.2, 0) is 5.75 Å². The molecule has 0 N–H and O–H groups in total. The molecule has 0 spiro atoms. The van der Waals surface area contributed by atoms with Gasteiger partial charge in [-0.05, 0) is 48.5 Å². The summed E-state index contributed by atoms with van der Waals surface area (Å²) in [5.74, 6) is 0.875. The Kier molecular flexibility index (Phi) is 6.06. The van der Waals surface area contributed by atoms with E-state index in [4.69, 9.17) is 11.6 Å². The van der Waals surface area contributed by atoms with E-state index < -0.39 is 0 Å². The van der Waals surface area contributed by atoms with E-state index >= 15 is 0 Å². The number of halogens is 1. The number of thioether (sulfide) groups is 1. The molecule has 1 aliphatic rings. The number of carbonyl (C=O) groups is 1. The second-order valence-electron chi connectivity index (χ2n) is 7.74. The second-order valence-corrected chi connectivity index (χ2v) is 9.20. The third-order valence-electron chi connectivity index (χ3n) is 5.66. The number of pyridine rings is 1. The number of anilines is 1. The molecule has 5 rings (SSSR count). The first kappa shape index (κ1) is 20.9. The molecular weight excluding hydrogens is 440 g/mol. The van der Waals surface area contributed by atoms with Crippen molar-refractivity contribution in [2.24, 2.45) is 0 Å². The summed E-state index contributed by atoms with van der Waals surface area (Å²) in [6.07, 6.45) is 4.06. The fourth-order valence-electron chi connectivity index (χ4n) is 3.95. The Morgan fingerprint density at radius 3 is 2.44 bits per heavy atom. The highest BCUT2D eigenvalue weighted by molar-refractivity contribution is 7.98. The van der Waals surface area contributed by atoms with Crippen LogP contribution in [0.1, 0.15) is 16.1 Å². The van der Waals surface area contributed by atoms with Crippen molar-refractivity contribution >= 4 is 40.6 Å². The third-order valence-corrected chi connectivity index (χ3v) is 7.03. The van der Waals surface area contributed by atoms with Gasteiger partial charge in [-0.25, -0.2) is 4.98 Å². The van der Waals surface area contributed by atoms with E-state index in [1.807, 2.05) is 82.2 Å². The summed E-state index contributed by atoms with van der Waals surface area (Å²) in [5, 5.41) is 0.754. The van der Waals surface area contributed by atoms with Crippen LogP contribution in [0.15, 0.2) is 84.0 Å². The molecular formula is C25H23ClN4OS. The largest absolute Gasteiger partial charge is 0.367 e. The number of para-hydroxylation sites is 1. The van der Waals surface area contributed by atoms with Crippen molar-refractivity contribution in [3.05, 3.63) is 95.4 Å². The molecule has 4 aromatic rings. The Morgan fingerprint density at radius 2 is 1.69 bits per heavy atom. The number of amides is 1. The lowest BCUT2D eigenvalue weighted by molar-refractivity contribution is 0.0746. The summed E-state index contributed by atoms with van der Waals surface area (Å²) in [7, 11) is 0. The predicted octanol–water partition coefficient (Wildman–Crippen LogP) is 5.24. The fourth-order valence-corrected chi connectivity index (χ4v) is 4.99. The minimum Gasteiger partial charge on any atom is -0.367 e. The molecule has 2 aromatic heterocycles. The van der Waals surface area contributed by atoms with E-state index in [9.17, 15) is 4.79 Å². The van der Waals surface area contributed by atoms with Crippen molar-refractivity contribution in [2.75, 3.05) is 31.1 Å². The standard InChI is InChI=1S/C25H23ClN4OS/c26-22-5-1-2-6-23(22)28-13-15-29(16-14-28)25(31)19-8-10-21(11-9-19)32-18-20-17-30-12-4-3-7-24(30)27-20/h1-12,17H,13-16,18H2. The Bertz CT molecular complexity index is 1200. The molecule has 0 unspecified atom stereocenters. The Balaban J connectivity index is 1.17. The lowest BCUT2D eigenvalue weighted by Crippen LogP contribution is -2.48. The Hall–Kier alpha value is -2.96. The molecule has 0 atom stereocenters. The zero-order valence-corrected chi connectivity index (χ0v) is 19.1. The number of nitrogens with zero attached hydrogens (tertiary/aromatic N) is 4. The van der Waals surface area contributed by atoms with E-state index in [0.29, 0.717) is 13.1 Å². The molecule has 3 heterocycles. The van der Waals surface area contributed by atoms with Crippen LogP contribution in [0.3, 0.4) is 0 Å². The SMILES string of the molecule is O=C(c1ccc(SCc2cn3ccccc3n2)cc1)N1CCN(c2ccccc2Cl)CC1. The predicted molar refractivity (Wildman–Crippen MR) is 131 cm³/mol. The maximum Gasteiger partial charge on any atom is 0.253 e. The topological polar surface area (TPSA) is 40.9 Å². The zero-order chi connectivity index (χ0) is 21.9. The highest BCUT2D eigenvalue weighted by atomic mass is 35.5. The maximum atomic E-state index is 13.0. The normalized spacial score (nSPS) is 14.2. The lowest BCUT2D eigenvalue weighted by atomic mass is 10.1. The zero-order valence-electron chi connectivity index (χ0n) is 17.5. The van der Waals surface area contributed by atoms with Crippen LogP contribution in [0.4, 0.5) is 5.69 Å². The molecule has 1 amide bonds. The number of hydrogen-bond donors (Lipinski definition) is 0. The monoisotopic (exact) mass is 462 g/mol. The van der Waals surface area contributed by atoms with Gasteiger partial charge in [0.25, 0.3) is 5.91 Å². The molecule has 0 saturated carbocycles. The smallest absolute Gasteiger partial charge is 0.253 e. The molecule has 1 saturated heterocycles. The molecule has 1 aliphatic heterocycles. The molecule has 7 heteroatoms. The minimum atomic E-state index is 0.0840. The maximum absolute atomic E-state index is 13.0. The van der Waals surface area contributed by atoms with E-state index in [0.717, 1.165) is 51.4 Å². The van der Waals surface area contributed by atoms with Crippen molar-refractivity contribution in [3.8, 4) is 0 Å². The Labute approximate surface area is 196 Å². The van der Waals surface area contributed by atoms with Crippen LogP contribution in [-0.4, -0.2) is 46.4 Å². The second kappa shape index (κ2) is 9.27. The third kappa shape index (κ3) is 4.47.